The maximum absolute atomic E-state index is 5.20. The quantitative estimate of drug-likeness (QED) is 0.798. The lowest BCUT2D eigenvalue weighted by Gasteiger charge is -2.10. The molecule has 1 atom stereocenters. The Bertz CT molecular complexity index is 405. The van der Waals surface area contributed by atoms with Crippen LogP contribution < -0.4 is 5.48 Å². The Hall–Kier alpha value is -0.900. The molecule has 0 radical (unpaired) electrons. The average molecular weight is 221 g/mol. The Balaban J connectivity index is 2.20. The van der Waals surface area contributed by atoms with Crippen molar-refractivity contribution in [1.29, 1.82) is 0 Å². The first-order chi connectivity index (χ1) is 7.31. The van der Waals surface area contributed by atoms with Crippen LogP contribution in [0.4, 0.5) is 0 Å². The van der Waals surface area contributed by atoms with Gasteiger partial charge in [-0.15, -0.1) is 11.3 Å². The Labute approximate surface area is 93.8 Å². The molecule has 0 saturated heterocycles. The van der Waals surface area contributed by atoms with Gasteiger partial charge >= 0.3 is 0 Å². The van der Waals surface area contributed by atoms with Gasteiger partial charge < -0.3 is 4.84 Å². The molecule has 1 heterocycles. The number of thiophene rings is 1. The summed E-state index contributed by atoms with van der Waals surface area (Å²) in [7, 11) is 0. The Kier molecular flexibility index (Phi) is 3.36. The first-order valence-corrected chi connectivity index (χ1v) is 5.98. The molecule has 1 N–H and O–H groups in total. The number of nitrogens with one attached hydrogen (secondary N) is 1. The lowest BCUT2D eigenvalue weighted by Crippen LogP contribution is -2.17. The molecule has 0 spiro atoms. The van der Waals surface area contributed by atoms with Crippen LogP contribution in [0.15, 0.2) is 30.3 Å². The molecule has 0 aliphatic carbocycles. The fraction of sp³-hybridized carbons (Fsp3) is 0.333. The summed E-state index contributed by atoms with van der Waals surface area (Å²) in [6.07, 6.45) is 0. The van der Waals surface area contributed by atoms with Crippen LogP contribution in [-0.2, 0) is 4.84 Å². The van der Waals surface area contributed by atoms with E-state index in [9.17, 15) is 0 Å². The van der Waals surface area contributed by atoms with Crippen LogP contribution in [0.5, 0.6) is 0 Å². The van der Waals surface area contributed by atoms with Crippen LogP contribution in [0.3, 0.4) is 0 Å². The third kappa shape index (κ3) is 2.37. The molecule has 15 heavy (non-hydrogen) atoms. The van der Waals surface area contributed by atoms with E-state index in [1.165, 1.54) is 15.0 Å². The summed E-state index contributed by atoms with van der Waals surface area (Å²) in [6.45, 7) is 4.78. The monoisotopic (exact) mass is 221 g/mol. The largest absolute Gasteiger partial charge is 0.301 e. The molecule has 80 valence electrons. The zero-order valence-corrected chi connectivity index (χ0v) is 9.80. The molecule has 2 nitrogen and oxygen atoms in total. The third-order valence-electron chi connectivity index (χ3n) is 2.28. The Morgan fingerprint density at radius 3 is 2.93 bits per heavy atom. The van der Waals surface area contributed by atoms with Crippen molar-refractivity contribution >= 4 is 21.4 Å². The molecular formula is C12H15NOS. The lowest BCUT2D eigenvalue weighted by atomic mass is 10.2. The second kappa shape index (κ2) is 4.75. The van der Waals surface area contributed by atoms with Crippen LogP contribution in [0, 0.1) is 0 Å². The van der Waals surface area contributed by atoms with Gasteiger partial charge in [0.1, 0.15) is 0 Å². The van der Waals surface area contributed by atoms with E-state index in [0.717, 1.165) is 0 Å². The number of hydroxylamine groups is 1. The zero-order valence-electron chi connectivity index (χ0n) is 8.99. The summed E-state index contributed by atoms with van der Waals surface area (Å²) in [6, 6.07) is 10.9. The maximum Gasteiger partial charge on any atom is 0.0654 e. The van der Waals surface area contributed by atoms with E-state index in [0.29, 0.717) is 6.61 Å². The van der Waals surface area contributed by atoms with Crippen molar-refractivity contribution in [3.8, 4) is 0 Å². The van der Waals surface area contributed by atoms with Crippen LogP contribution in [0.1, 0.15) is 24.8 Å². The summed E-state index contributed by atoms with van der Waals surface area (Å²) in [5, 5.41) is 1.31. The van der Waals surface area contributed by atoms with Crippen LogP contribution in [0.2, 0.25) is 0 Å². The highest BCUT2D eigenvalue weighted by molar-refractivity contribution is 7.19. The van der Waals surface area contributed by atoms with Crippen molar-refractivity contribution in [2.45, 2.75) is 19.9 Å². The minimum Gasteiger partial charge on any atom is -0.301 e. The highest BCUT2D eigenvalue weighted by Crippen LogP contribution is 2.29. The molecule has 0 bridgehead atoms. The van der Waals surface area contributed by atoms with Crippen LogP contribution in [-0.4, -0.2) is 6.61 Å². The topological polar surface area (TPSA) is 21.3 Å². The standard InChI is InChI=1S/C12H15NOS/c1-3-14-13-9(2)12-8-10-6-4-5-7-11(10)15-12/h4-9,13H,3H2,1-2H3. The minimum atomic E-state index is 0.252. The predicted molar refractivity (Wildman–Crippen MR) is 65.0 cm³/mol. The normalized spacial score (nSPS) is 13.2. The second-order valence-corrected chi connectivity index (χ2v) is 4.57. The van der Waals surface area contributed by atoms with Gasteiger partial charge in [-0.1, -0.05) is 18.2 Å². The average Bonchev–Trinajstić information content (AvgIpc) is 2.69. The van der Waals surface area contributed by atoms with Gasteiger partial charge in [-0.3, -0.25) is 0 Å². The van der Waals surface area contributed by atoms with Gasteiger partial charge in [0.05, 0.1) is 12.6 Å². The van der Waals surface area contributed by atoms with Gasteiger partial charge in [-0.2, -0.15) is 5.48 Å². The summed E-state index contributed by atoms with van der Waals surface area (Å²) in [5.74, 6) is 0. The van der Waals surface area contributed by atoms with Gasteiger partial charge in [-0.25, -0.2) is 0 Å². The second-order valence-electron chi connectivity index (χ2n) is 3.46. The molecule has 0 amide bonds. The number of fused-ring (bicyclic) bond motifs is 1. The van der Waals surface area contributed by atoms with Crippen molar-refractivity contribution in [3.63, 3.8) is 0 Å². The highest BCUT2D eigenvalue weighted by Gasteiger charge is 2.08. The highest BCUT2D eigenvalue weighted by atomic mass is 32.1. The number of hydrogen-bond donors (Lipinski definition) is 1. The van der Waals surface area contributed by atoms with E-state index in [1.54, 1.807) is 0 Å². The van der Waals surface area contributed by atoms with Crippen LogP contribution in [0.25, 0.3) is 10.1 Å². The van der Waals surface area contributed by atoms with E-state index in [4.69, 9.17) is 4.84 Å². The minimum absolute atomic E-state index is 0.252. The molecular weight excluding hydrogens is 206 g/mol. The van der Waals surface area contributed by atoms with Gasteiger partial charge in [0.25, 0.3) is 0 Å². The fourth-order valence-corrected chi connectivity index (χ4v) is 2.54. The molecule has 0 saturated carbocycles. The first kappa shape index (κ1) is 10.6. The van der Waals surface area contributed by atoms with Crippen molar-refractivity contribution in [3.05, 3.63) is 35.2 Å². The molecule has 1 aromatic carbocycles. The van der Waals surface area contributed by atoms with Crippen molar-refractivity contribution in [2.75, 3.05) is 6.61 Å². The van der Waals surface area contributed by atoms with Gasteiger partial charge in [0, 0.05) is 9.58 Å². The summed E-state index contributed by atoms with van der Waals surface area (Å²) in [5.41, 5.74) is 3.02. The number of benzene rings is 1. The molecule has 1 unspecified atom stereocenters. The molecule has 1 aromatic heterocycles. The summed E-state index contributed by atoms with van der Waals surface area (Å²) >= 11 is 1.81. The van der Waals surface area contributed by atoms with E-state index in [-0.39, 0.29) is 6.04 Å². The Morgan fingerprint density at radius 1 is 1.40 bits per heavy atom. The van der Waals surface area contributed by atoms with E-state index < -0.39 is 0 Å². The van der Waals surface area contributed by atoms with Crippen molar-refractivity contribution < 1.29 is 4.84 Å². The predicted octanol–water partition coefficient (Wildman–Crippen LogP) is 3.50. The van der Waals surface area contributed by atoms with E-state index >= 15 is 0 Å². The first-order valence-electron chi connectivity index (χ1n) is 5.17. The lowest BCUT2D eigenvalue weighted by molar-refractivity contribution is 0.0293. The van der Waals surface area contributed by atoms with Crippen molar-refractivity contribution in [2.24, 2.45) is 0 Å². The molecule has 0 aliphatic rings. The molecule has 2 aromatic rings. The SMILES string of the molecule is CCONC(C)c1cc2ccccc2s1. The maximum atomic E-state index is 5.20. The fourth-order valence-electron chi connectivity index (χ4n) is 1.48. The molecule has 3 heteroatoms. The number of rotatable bonds is 4. The Morgan fingerprint density at radius 2 is 2.20 bits per heavy atom. The molecule has 2 rings (SSSR count). The third-order valence-corrected chi connectivity index (χ3v) is 3.57. The van der Waals surface area contributed by atoms with Gasteiger partial charge in [0.15, 0.2) is 0 Å². The van der Waals surface area contributed by atoms with Crippen molar-refractivity contribution in [1.82, 2.24) is 5.48 Å². The summed E-state index contributed by atoms with van der Waals surface area (Å²) < 4.78 is 1.33. The molecule has 0 fully saturated rings. The van der Waals surface area contributed by atoms with Gasteiger partial charge in [0.2, 0.25) is 0 Å². The van der Waals surface area contributed by atoms with Gasteiger partial charge in [-0.05, 0) is 31.4 Å². The van der Waals surface area contributed by atoms with E-state index in [1.807, 2.05) is 18.3 Å². The summed E-state index contributed by atoms with van der Waals surface area (Å²) in [4.78, 5) is 6.51. The smallest absolute Gasteiger partial charge is 0.0654 e. The zero-order chi connectivity index (χ0) is 10.7. The number of hydrogen-bond acceptors (Lipinski definition) is 3. The van der Waals surface area contributed by atoms with E-state index in [2.05, 4.69) is 42.7 Å². The van der Waals surface area contributed by atoms with Crippen LogP contribution >= 0.6 is 11.3 Å². The molecule has 0 aliphatic heterocycles.